The van der Waals surface area contributed by atoms with Crippen LogP contribution in [0, 0.1) is 17.0 Å². The molecule has 0 bridgehead atoms. The number of fused-ring (bicyclic) bond motifs is 1. The molecule has 4 aromatic carbocycles. The van der Waals surface area contributed by atoms with E-state index < -0.39 is 35.0 Å². The Labute approximate surface area is 314 Å². The average Bonchev–Trinajstić information content (AvgIpc) is 3.47. The number of amides is 3. The minimum absolute atomic E-state index is 0.0522. The molecular formula is C43H43N5O6. The Balaban J connectivity index is 1.31. The molecule has 3 amide bonds. The van der Waals surface area contributed by atoms with Crippen molar-refractivity contribution in [3.63, 3.8) is 0 Å². The van der Waals surface area contributed by atoms with Crippen molar-refractivity contribution in [1.82, 2.24) is 14.8 Å². The third kappa shape index (κ3) is 8.33. The van der Waals surface area contributed by atoms with E-state index in [9.17, 15) is 14.9 Å². The molecule has 0 spiro atoms. The van der Waals surface area contributed by atoms with Gasteiger partial charge >= 0.3 is 6.03 Å². The molecule has 0 radical (unpaired) electrons. The first kappa shape index (κ1) is 36.4. The monoisotopic (exact) mass is 725 g/mol. The van der Waals surface area contributed by atoms with Gasteiger partial charge in [0.1, 0.15) is 18.0 Å². The van der Waals surface area contributed by atoms with Crippen molar-refractivity contribution in [2.24, 2.45) is 0 Å². The molecule has 1 N–H and O–H groups in total. The van der Waals surface area contributed by atoms with Gasteiger partial charge in [-0.2, -0.15) is 0 Å². The number of carbonyl (C=O) groups is 2. The Bertz CT molecular complexity index is 2110. The molecular weight excluding hydrogens is 683 g/mol. The van der Waals surface area contributed by atoms with Gasteiger partial charge in [0, 0.05) is 37.0 Å². The summed E-state index contributed by atoms with van der Waals surface area (Å²) in [5, 5.41) is 14.7. The number of aromatic nitrogens is 1. The Morgan fingerprint density at radius 3 is 1.83 bits per heavy atom. The minimum Gasteiger partial charge on any atom is -0.342 e. The van der Waals surface area contributed by atoms with Gasteiger partial charge in [0.15, 0.2) is 5.79 Å². The topological polar surface area (TPSA) is 127 Å². The molecule has 276 valence electrons. The first-order valence-corrected chi connectivity index (χ1v) is 18.1. The number of ether oxygens (including phenoxy) is 2. The van der Waals surface area contributed by atoms with Crippen LogP contribution in [0.15, 0.2) is 128 Å². The van der Waals surface area contributed by atoms with E-state index in [1.54, 1.807) is 41.4 Å². The lowest BCUT2D eigenvalue weighted by Crippen LogP contribution is -2.51. The Hall–Kier alpha value is -5.91. The lowest BCUT2D eigenvalue weighted by atomic mass is 9.91. The molecule has 2 aliphatic heterocycles. The minimum atomic E-state index is -0.954. The van der Waals surface area contributed by atoms with Crippen LogP contribution in [0.3, 0.4) is 0 Å². The van der Waals surface area contributed by atoms with E-state index in [1.165, 1.54) is 12.1 Å². The number of benzene rings is 4. The number of carbonyl (C=O) groups excluding carboxylic acids is 2. The van der Waals surface area contributed by atoms with Gasteiger partial charge in [-0.15, -0.1) is 0 Å². The zero-order chi connectivity index (χ0) is 37.8. The maximum absolute atomic E-state index is 15.4. The largest absolute Gasteiger partial charge is 0.342 e. The molecule has 0 unspecified atom stereocenters. The third-order valence-electron chi connectivity index (χ3n) is 9.96. The van der Waals surface area contributed by atoms with Gasteiger partial charge in [0.25, 0.3) is 11.6 Å². The number of non-ortho nitro benzene ring substituents is 1. The van der Waals surface area contributed by atoms with Gasteiger partial charge in [0.05, 0.1) is 17.0 Å². The van der Waals surface area contributed by atoms with Crippen molar-refractivity contribution >= 4 is 23.4 Å². The molecule has 4 atom stereocenters. The molecule has 2 saturated heterocycles. The molecule has 5 aromatic rings. The zero-order valence-corrected chi connectivity index (χ0v) is 30.5. The second kappa shape index (κ2) is 15.6. The number of hydrogen-bond acceptors (Lipinski definition) is 7. The van der Waals surface area contributed by atoms with E-state index in [4.69, 9.17) is 9.47 Å². The summed E-state index contributed by atoms with van der Waals surface area (Å²) in [6.45, 7) is 5.98. The van der Waals surface area contributed by atoms with Crippen molar-refractivity contribution in [2.75, 3.05) is 5.32 Å². The number of urea groups is 1. The first-order chi connectivity index (χ1) is 26.0. The number of hydrogen-bond donors (Lipinski definition) is 1. The lowest BCUT2D eigenvalue weighted by Gasteiger charge is -2.37. The standard InChI is InChI=1S/C43H43N5O6/c1-29-20-21-38(44-26-29)45-41(49)34-18-10-16-32(22-34)27-46-36(24-30-12-6-4-7-13-30)39-40(54-43(2,3)53-39)37(25-31-14-8-5-9-15-31)47(42(46)50)28-33-17-11-19-35(23-33)48(51)52/h4-23,26,36-37,39-40H,24-25,27-28H2,1-3H3,(H,44,45,49)/t36-,37-,39+,40+/m1/s1. The summed E-state index contributed by atoms with van der Waals surface area (Å²) in [7, 11) is 0. The predicted octanol–water partition coefficient (Wildman–Crippen LogP) is 7.73. The summed E-state index contributed by atoms with van der Waals surface area (Å²) >= 11 is 0. The number of anilines is 1. The van der Waals surface area contributed by atoms with E-state index in [0.717, 1.165) is 22.3 Å². The smallest absolute Gasteiger partial charge is 0.321 e. The predicted molar refractivity (Wildman–Crippen MR) is 205 cm³/mol. The highest BCUT2D eigenvalue weighted by Crippen LogP contribution is 2.40. The summed E-state index contributed by atoms with van der Waals surface area (Å²) in [5.41, 5.74) is 4.76. The van der Waals surface area contributed by atoms with Gasteiger partial charge in [-0.1, -0.05) is 91.0 Å². The van der Waals surface area contributed by atoms with Gasteiger partial charge in [-0.05, 0) is 79.6 Å². The molecule has 7 rings (SSSR count). The number of nitrogens with one attached hydrogen (secondary N) is 1. The number of aryl methyl sites for hydroxylation is 1. The second-order valence-corrected chi connectivity index (χ2v) is 14.4. The van der Waals surface area contributed by atoms with Crippen molar-refractivity contribution in [3.8, 4) is 0 Å². The first-order valence-electron chi connectivity index (χ1n) is 18.1. The molecule has 54 heavy (non-hydrogen) atoms. The van der Waals surface area contributed by atoms with Gasteiger partial charge < -0.3 is 24.6 Å². The number of nitrogens with zero attached hydrogens (tertiary/aromatic N) is 4. The molecule has 2 fully saturated rings. The van der Waals surface area contributed by atoms with Crippen molar-refractivity contribution in [2.45, 2.75) is 76.8 Å². The maximum Gasteiger partial charge on any atom is 0.321 e. The van der Waals surface area contributed by atoms with Gasteiger partial charge in [0.2, 0.25) is 0 Å². The quantitative estimate of drug-likeness (QED) is 0.109. The van der Waals surface area contributed by atoms with Crippen molar-refractivity contribution in [1.29, 1.82) is 0 Å². The van der Waals surface area contributed by atoms with Crippen LogP contribution >= 0.6 is 0 Å². The number of nitro benzene ring substituents is 1. The van der Waals surface area contributed by atoms with Crippen LogP contribution in [0.2, 0.25) is 0 Å². The second-order valence-electron chi connectivity index (χ2n) is 14.4. The van der Waals surface area contributed by atoms with Crippen LogP contribution < -0.4 is 5.32 Å². The summed E-state index contributed by atoms with van der Waals surface area (Å²) in [5.74, 6) is -0.833. The van der Waals surface area contributed by atoms with Crippen LogP contribution in [0.25, 0.3) is 0 Å². The van der Waals surface area contributed by atoms with Crippen LogP contribution in [0.1, 0.15) is 52.0 Å². The van der Waals surface area contributed by atoms with E-state index >= 15 is 4.79 Å². The van der Waals surface area contributed by atoms with E-state index in [1.807, 2.05) is 105 Å². The lowest BCUT2D eigenvalue weighted by molar-refractivity contribution is -0.384. The highest BCUT2D eigenvalue weighted by atomic mass is 16.8. The molecule has 11 heteroatoms. The summed E-state index contributed by atoms with van der Waals surface area (Å²) in [4.78, 5) is 48.1. The molecule has 11 nitrogen and oxygen atoms in total. The number of nitro groups is 1. The Morgan fingerprint density at radius 2 is 1.30 bits per heavy atom. The van der Waals surface area contributed by atoms with E-state index in [0.29, 0.717) is 29.8 Å². The summed E-state index contributed by atoms with van der Waals surface area (Å²) < 4.78 is 13.6. The molecule has 1 aromatic heterocycles. The van der Waals surface area contributed by atoms with Crippen LogP contribution in [0.5, 0.6) is 0 Å². The highest BCUT2D eigenvalue weighted by molar-refractivity contribution is 6.03. The fraction of sp³-hybridized carbons (Fsp3) is 0.279. The van der Waals surface area contributed by atoms with Crippen LogP contribution in [-0.2, 0) is 35.4 Å². The van der Waals surface area contributed by atoms with Crippen molar-refractivity contribution in [3.05, 3.63) is 171 Å². The van der Waals surface area contributed by atoms with Crippen LogP contribution in [-0.4, -0.2) is 61.7 Å². The Morgan fingerprint density at radius 1 is 0.759 bits per heavy atom. The van der Waals surface area contributed by atoms with Crippen molar-refractivity contribution < 1.29 is 24.0 Å². The highest BCUT2D eigenvalue weighted by Gasteiger charge is 2.55. The molecule has 0 saturated carbocycles. The Kier molecular flexibility index (Phi) is 10.5. The zero-order valence-electron chi connectivity index (χ0n) is 30.5. The average molecular weight is 726 g/mol. The van der Waals surface area contributed by atoms with Gasteiger partial charge in [-0.25, -0.2) is 9.78 Å². The van der Waals surface area contributed by atoms with Crippen LogP contribution in [0.4, 0.5) is 16.3 Å². The fourth-order valence-electron chi connectivity index (χ4n) is 7.45. The molecule has 3 heterocycles. The van der Waals surface area contributed by atoms with Gasteiger partial charge in [-0.3, -0.25) is 14.9 Å². The molecule has 2 aliphatic rings. The fourth-order valence-corrected chi connectivity index (χ4v) is 7.45. The number of pyridine rings is 1. The number of rotatable bonds is 11. The normalized spacial score (nSPS) is 20.6. The maximum atomic E-state index is 15.4. The SMILES string of the molecule is Cc1ccc(NC(=O)c2cccc(CN3C(=O)N(Cc4cccc([N+](=O)[O-])c4)[C@H](Cc4ccccc4)[C@@H]4OC(C)(C)O[C@H]4[C@H]3Cc3ccccc3)c2)nc1. The third-order valence-corrected chi connectivity index (χ3v) is 9.96. The summed E-state index contributed by atoms with van der Waals surface area (Å²) in [6, 6.07) is 36.0. The van der Waals surface area contributed by atoms with E-state index in [2.05, 4.69) is 10.3 Å². The van der Waals surface area contributed by atoms with E-state index in [-0.39, 0.29) is 30.7 Å². The summed E-state index contributed by atoms with van der Waals surface area (Å²) in [6.07, 6.45) is 1.57. The molecule has 0 aliphatic carbocycles.